The Hall–Kier alpha value is -2.87. The molecule has 0 bridgehead atoms. The zero-order chi connectivity index (χ0) is 28.7. The molecular weight excluding hydrogens is 557 g/mol. The van der Waals surface area contributed by atoms with Crippen LogP contribution in [0.15, 0.2) is 24.3 Å². The monoisotopic (exact) mass is 582 g/mol. The summed E-state index contributed by atoms with van der Waals surface area (Å²) in [6.45, 7) is 1.21. The van der Waals surface area contributed by atoms with E-state index in [4.69, 9.17) is 4.74 Å². The van der Waals surface area contributed by atoms with Crippen molar-refractivity contribution in [3.05, 3.63) is 58.7 Å². The Morgan fingerprint density at radius 2 is 1.56 bits per heavy atom. The zero-order valence-corrected chi connectivity index (χ0v) is 21.5. The minimum Gasteiger partial charge on any atom is -0.493 e. The first-order chi connectivity index (χ1) is 18.1. The van der Waals surface area contributed by atoms with Crippen LogP contribution in [0, 0.1) is 29.2 Å². The molecule has 1 heterocycles. The van der Waals surface area contributed by atoms with E-state index in [0.717, 1.165) is 18.2 Å². The summed E-state index contributed by atoms with van der Waals surface area (Å²) < 4.78 is 124. The van der Waals surface area contributed by atoms with Crippen LogP contribution >= 0.6 is 0 Å². The van der Waals surface area contributed by atoms with Gasteiger partial charge in [0.15, 0.2) is 17.5 Å². The first-order valence-electron chi connectivity index (χ1n) is 12.1. The fourth-order valence-electron chi connectivity index (χ4n) is 4.55. The predicted molar refractivity (Wildman–Crippen MR) is 127 cm³/mol. The molecule has 2 fully saturated rings. The van der Waals surface area contributed by atoms with Crippen LogP contribution in [0.2, 0.25) is 0 Å². The first-order valence-corrected chi connectivity index (χ1v) is 13.9. The van der Waals surface area contributed by atoms with Crippen molar-refractivity contribution in [3.63, 3.8) is 0 Å². The number of likely N-dealkylation sites (tertiary alicyclic amines) is 1. The van der Waals surface area contributed by atoms with Crippen LogP contribution in [0.4, 0.5) is 36.4 Å². The largest absolute Gasteiger partial charge is 0.493 e. The molecule has 2 aromatic carbocycles. The molecule has 0 atom stereocenters. The third-order valence-corrected chi connectivity index (χ3v) is 7.76. The van der Waals surface area contributed by atoms with Crippen molar-refractivity contribution < 1.29 is 48.7 Å². The summed E-state index contributed by atoms with van der Waals surface area (Å²) in [5, 5.41) is 0. The number of sulfonamides is 1. The zero-order valence-electron chi connectivity index (χ0n) is 20.7. The number of carbonyl (C=O) groups is 1. The van der Waals surface area contributed by atoms with Gasteiger partial charge >= 0.3 is 12.1 Å². The maximum absolute atomic E-state index is 15.0. The van der Waals surface area contributed by atoms with Crippen LogP contribution < -0.4 is 9.04 Å². The van der Waals surface area contributed by atoms with E-state index in [0.29, 0.717) is 56.7 Å². The summed E-state index contributed by atoms with van der Waals surface area (Å²) in [7, 11) is -4.81. The van der Waals surface area contributed by atoms with Crippen LogP contribution in [0.3, 0.4) is 0 Å². The van der Waals surface area contributed by atoms with Crippen LogP contribution in [0.5, 0.6) is 5.75 Å². The van der Waals surface area contributed by atoms with Crippen molar-refractivity contribution in [2.45, 2.75) is 44.3 Å². The lowest BCUT2D eigenvalue weighted by Crippen LogP contribution is -2.45. The van der Waals surface area contributed by atoms with Gasteiger partial charge in [0.25, 0.3) is 0 Å². The second kappa shape index (κ2) is 11.0. The molecule has 0 aromatic heterocycles. The molecule has 1 saturated carbocycles. The topological polar surface area (TPSA) is 66.9 Å². The van der Waals surface area contributed by atoms with E-state index in [-0.39, 0.29) is 36.3 Å². The number of carbonyl (C=O) groups excluding carboxylic acids is 1. The number of alkyl halides is 3. The molecule has 4 rings (SSSR count). The molecule has 0 N–H and O–H groups in total. The number of ether oxygens (including phenoxy) is 1. The van der Waals surface area contributed by atoms with Gasteiger partial charge in [0.1, 0.15) is 11.6 Å². The van der Waals surface area contributed by atoms with Gasteiger partial charge in [-0.3, -0.25) is 9.69 Å². The normalized spacial score (nSPS) is 17.3. The van der Waals surface area contributed by atoms with Crippen molar-refractivity contribution in [3.8, 4) is 5.75 Å². The van der Waals surface area contributed by atoms with Gasteiger partial charge < -0.3 is 4.74 Å². The molecule has 0 unspecified atom stereocenters. The van der Waals surface area contributed by atoms with Gasteiger partial charge in [-0.2, -0.15) is 17.5 Å². The molecule has 14 heteroatoms. The van der Waals surface area contributed by atoms with Crippen LogP contribution in [-0.4, -0.2) is 51.4 Å². The Bertz CT molecular complexity index is 1360. The summed E-state index contributed by atoms with van der Waals surface area (Å²) in [4.78, 5) is 13.7. The van der Waals surface area contributed by atoms with E-state index in [1.807, 2.05) is 4.90 Å². The lowest BCUT2D eigenvalue weighted by molar-refractivity contribution is -0.169. The predicted octanol–water partition coefficient (Wildman–Crippen LogP) is 5.27. The van der Waals surface area contributed by atoms with Gasteiger partial charge in [-0.05, 0) is 68.3 Å². The third-order valence-electron chi connectivity index (χ3n) is 6.74. The van der Waals surface area contributed by atoms with Gasteiger partial charge in [-0.1, -0.05) is 0 Å². The number of amides is 1. The fraction of sp³-hybridized carbons (Fsp3) is 0.480. The summed E-state index contributed by atoms with van der Waals surface area (Å²) in [6.07, 6.45) is -2.72. The van der Waals surface area contributed by atoms with E-state index >= 15 is 0 Å². The maximum atomic E-state index is 15.0. The average Bonchev–Trinajstić information content (AvgIpc) is 3.67. The van der Waals surface area contributed by atoms with E-state index in [1.54, 1.807) is 0 Å². The molecule has 0 radical (unpaired) electrons. The summed E-state index contributed by atoms with van der Waals surface area (Å²) >= 11 is 0. The molecule has 1 aliphatic heterocycles. The number of hydrogen-bond donors (Lipinski definition) is 0. The van der Waals surface area contributed by atoms with Crippen molar-refractivity contribution in [2.75, 3.05) is 30.3 Å². The Labute approximate surface area is 220 Å². The number of nitrogens with zero attached hydrogens (tertiary/aromatic N) is 2. The van der Waals surface area contributed by atoms with Gasteiger partial charge in [0.2, 0.25) is 10.0 Å². The minimum absolute atomic E-state index is 0.00910. The Kier molecular flexibility index (Phi) is 8.18. The fourth-order valence-corrected chi connectivity index (χ4v) is 5.45. The van der Waals surface area contributed by atoms with Crippen molar-refractivity contribution in [1.29, 1.82) is 0 Å². The lowest BCUT2D eigenvalue weighted by atomic mass is 9.97. The van der Waals surface area contributed by atoms with Crippen LogP contribution in [-0.2, 0) is 21.4 Å². The highest BCUT2D eigenvalue weighted by Gasteiger charge is 2.47. The van der Waals surface area contributed by atoms with E-state index in [9.17, 15) is 43.9 Å². The van der Waals surface area contributed by atoms with Gasteiger partial charge in [-0.15, -0.1) is 0 Å². The molecular formula is C25H25F7N2O4S. The Balaban J connectivity index is 1.44. The molecule has 2 aromatic rings. The highest BCUT2D eigenvalue weighted by atomic mass is 32.2. The number of benzene rings is 2. The number of rotatable bonds is 8. The molecule has 0 spiro atoms. The number of hydrogen-bond acceptors (Lipinski definition) is 5. The second-order valence-electron chi connectivity index (χ2n) is 9.83. The highest BCUT2D eigenvalue weighted by molar-refractivity contribution is 7.92. The molecule has 6 nitrogen and oxygen atoms in total. The maximum Gasteiger partial charge on any atom is 0.472 e. The van der Waals surface area contributed by atoms with Gasteiger partial charge in [0.05, 0.1) is 18.6 Å². The Morgan fingerprint density at radius 1 is 0.949 bits per heavy atom. The van der Waals surface area contributed by atoms with Crippen molar-refractivity contribution in [1.82, 2.24) is 4.90 Å². The molecule has 214 valence electrons. The smallest absolute Gasteiger partial charge is 0.472 e. The minimum atomic E-state index is -5.55. The van der Waals surface area contributed by atoms with E-state index in [2.05, 4.69) is 0 Å². The molecule has 1 aliphatic carbocycles. The first kappa shape index (κ1) is 29.1. The van der Waals surface area contributed by atoms with Gasteiger partial charge in [-0.25, -0.2) is 26.0 Å². The molecule has 1 saturated heterocycles. The summed E-state index contributed by atoms with van der Waals surface area (Å²) in [6, 6.07) is 3.05. The number of piperidine rings is 1. The standard InChI is InChI=1S/C25H25F7N2O4S/c1-39(36,37)34(24(35)25(30,31)32)22-9-17(15-2-3-15)23(11-21(22)29)38-13-14-4-6-33(7-5-14)12-16-8-19(27)20(28)10-18(16)26/h8-11,14-15H,2-7,12-13H2,1H3. The molecule has 1 amide bonds. The van der Waals surface area contributed by atoms with Crippen LogP contribution in [0.25, 0.3) is 0 Å². The third kappa shape index (κ3) is 6.83. The van der Waals surface area contributed by atoms with Crippen molar-refractivity contribution in [2.24, 2.45) is 5.92 Å². The quantitative estimate of drug-likeness (QED) is 0.314. The SMILES string of the molecule is CS(=O)(=O)N(C(=O)C(F)(F)F)c1cc(C2CC2)c(OCC2CCN(Cc3cc(F)c(F)cc3F)CC2)cc1F. The molecule has 39 heavy (non-hydrogen) atoms. The Morgan fingerprint density at radius 3 is 2.13 bits per heavy atom. The summed E-state index contributed by atoms with van der Waals surface area (Å²) in [5.41, 5.74) is -0.687. The van der Waals surface area contributed by atoms with Crippen LogP contribution in [0.1, 0.15) is 42.7 Å². The summed E-state index contributed by atoms with van der Waals surface area (Å²) in [5.74, 6) is -7.48. The highest BCUT2D eigenvalue weighted by Crippen LogP contribution is 2.47. The molecule has 2 aliphatic rings. The van der Waals surface area contributed by atoms with Crippen molar-refractivity contribution >= 4 is 21.6 Å². The average molecular weight is 583 g/mol. The van der Waals surface area contributed by atoms with E-state index < -0.39 is 55.4 Å². The number of anilines is 1. The lowest BCUT2D eigenvalue weighted by Gasteiger charge is -2.32. The number of halogens is 7. The van der Waals surface area contributed by atoms with E-state index in [1.165, 1.54) is 0 Å². The second-order valence-corrected chi connectivity index (χ2v) is 11.7. The van der Waals surface area contributed by atoms with Gasteiger partial charge in [0, 0.05) is 24.2 Å².